The molecule has 1 saturated heterocycles. The normalized spacial score (nSPS) is 18.9. The summed E-state index contributed by atoms with van der Waals surface area (Å²) < 4.78 is 0. The number of nitrogens with one attached hydrogen (secondary N) is 1. The van der Waals surface area contributed by atoms with Crippen LogP contribution in [0.15, 0.2) is 35.1 Å². The van der Waals surface area contributed by atoms with Crippen LogP contribution in [0, 0.1) is 5.92 Å². The van der Waals surface area contributed by atoms with Crippen molar-refractivity contribution in [1.82, 2.24) is 9.88 Å². The molecule has 0 radical (unpaired) electrons. The summed E-state index contributed by atoms with van der Waals surface area (Å²) in [5.41, 5.74) is 0.186. The standard InChI is InChI=1S/C17H20N2O2S/c1-11(2)15-10-19(7-8-22-15)17(21)14-9-12-5-3-4-6-13(12)16(20)18-14/h3-6,9,11,15H,7-8,10H2,1-2H3,(H,18,20)/t15-/m1/s1. The van der Waals surface area contributed by atoms with Gasteiger partial charge in [0.25, 0.3) is 11.5 Å². The Morgan fingerprint density at radius 2 is 2.14 bits per heavy atom. The molecule has 0 saturated carbocycles. The van der Waals surface area contributed by atoms with Crippen LogP contribution in [0.25, 0.3) is 10.8 Å². The Balaban J connectivity index is 1.90. The zero-order valence-electron chi connectivity index (χ0n) is 12.8. The van der Waals surface area contributed by atoms with Gasteiger partial charge in [-0.25, -0.2) is 0 Å². The van der Waals surface area contributed by atoms with Gasteiger partial charge in [-0.05, 0) is 23.4 Å². The second-order valence-corrected chi connectivity index (χ2v) is 7.35. The lowest BCUT2D eigenvalue weighted by atomic mass is 10.1. The van der Waals surface area contributed by atoms with Gasteiger partial charge in [0.2, 0.25) is 0 Å². The summed E-state index contributed by atoms with van der Waals surface area (Å²) in [6, 6.07) is 9.13. The minimum Gasteiger partial charge on any atom is -0.335 e. The number of benzene rings is 1. The SMILES string of the molecule is CC(C)[C@H]1CN(C(=O)c2cc3ccccc3c(=O)[nH]2)CCS1. The average Bonchev–Trinajstić information content (AvgIpc) is 2.54. The summed E-state index contributed by atoms with van der Waals surface area (Å²) >= 11 is 1.93. The Morgan fingerprint density at radius 3 is 2.91 bits per heavy atom. The number of aromatic amines is 1. The van der Waals surface area contributed by atoms with Gasteiger partial charge in [0.15, 0.2) is 0 Å². The van der Waals surface area contributed by atoms with Gasteiger partial charge in [-0.15, -0.1) is 0 Å². The Kier molecular flexibility index (Phi) is 4.25. The van der Waals surface area contributed by atoms with Crippen molar-refractivity contribution in [2.45, 2.75) is 19.1 Å². The van der Waals surface area contributed by atoms with Crippen LogP contribution in [0.2, 0.25) is 0 Å². The fourth-order valence-electron chi connectivity index (χ4n) is 2.76. The largest absolute Gasteiger partial charge is 0.335 e. The second kappa shape index (κ2) is 6.16. The number of rotatable bonds is 2. The molecular weight excluding hydrogens is 296 g/mol. The van der Waals surface area contributed by atoms with E-state index in [-0.39, 0.29) is 11.5 Å². The van der Waals surface area contributed by atoms with Crippen molar-refractivity contribution < 1.29 is 4.79 Å². The van der Waals surface area contributed by atoms with Crippen LogP contribution in [0.3, 0.4) is 0 Å². The molecule has 1 aromatic carbocycles. The molecular formula is C17H20N2O2S. The zero-order chi connectivity index (χ0) is 15.7. The van der Waals surface area contributed by atoms with Crippen LogP contribution in [-0.2, 0) is 0 Å². The topological polar surface area (TPSA) is 53.2 Å². The van der Waals surface area contributed by atoms with Gasteiger partial charge in [-0.3, -0.25) is 9.59 Å². The number of H-pyrrole nitrogens is 1. The molecule has 1 amide bonds. The quantitative estimate of drug-likeness (QED) is 0.927. The second-order valence-electron chi connectivity index (χ2n) is 6.00. The Bertz CT molecular complexity index is 754. The first-order valence-corrected chi connectivity index (χ1v) is 8.64. The van der Waals surface area contributed by atoms with E-state index in [1.54, 1.807) is 12.1 Å². The summed E-state index contributed by atoms with van der Waals surface area (Å²) in [6.45, 7) is 5.85. The molecule has 1 fully saturated rings. The third-order valence-corrected chi connectivity index (χ3v) is 5.65. The van der Waals surface area contributed by atoms with E-state index in [2.05, 4.69) is 18.8 Å². The molecule has 116 valence electrons. The van der Waals surface area contributed by atoms with Crippen LogP contribution < -0.4 is 5.56 Å². The lowest BCUT2D eigenvalue weighted by molar-refractivity contribution is 0.0750. The highest BCUT2D eigenvalue weighted by molar-refractivity contribution is 8.00. The highest BCUT2D eigenvalue weighted by Gasteiger charge is 2.27. The molecule has 3 rings (SSSR count). The number of carbonyl (C=O) groups is 1. The lowest BCUT2D eigenvalue weighted by Crippen LogP contribution is -2.44. The molecule has 0 spiro atoms. The van der Waals surface area contributed by atoms with Gasteiger partial charge >= 0.3 is 0 Å². The van der Waals surface area contributed by atoms with Gasteiger partial charge < -0.3 is 9.88 Å². The zero-order valence-corrected chi connectivity index (χ0v) is 13.7. The van der Waals surface area contributed by atoms with E-state index in [1.807, 2.05) is 34.9 Å². The number of amides is 1. The van der Waals surface area contributed by atoms with Crippen molar-refractivity contribution in [2.24, 2.45) is 5.92 Å². The molecule has 22 heavy (non-hydrogen) atoms. The monoisotopic (exact) mass is 316 g/mol. The first kappa shape index (κ1) is 15.2. The maximum Gasteiger partial charge on any atom is 0.270 e. The molecule has 1 aliphatic heterocycles. The molecule has 0 bridgehead atoms. The van der Waals surface area contributed by atoms with Crippen molar-refractivity contribution in [2.75, 3.05) is 18.8 Å². The smallest absolute Gasteiger partial charge is 0.270 e. The number of aromatic nitrogens is 1. The molecule has 2 heterocycles. The number of hydrogen-bond acceptors (Lipinski definition) is 3. The van der Waals surface area contributed by atoms with Crippen LogP contribution >= 0.6 is 11.8 Å². The molecule has 1 atom stereocenters. The number of pyridine rings is 1. The number of fused-ring (bicyclic) bond motifs is 1. The van der Waals surface area contributed by atoms with Crippen molar-refractivity contribution in [3.8, 4) is 0 Å². The van der Waals surface area contributed by atoms with E-state index in [9.17, 15) is 9.59 Å². The molecule has 0 unspecified atom stereocenters. The van der Waals surface area contributed by atoms with E-state index < -0.39 is 0 Å². The van der Waals surface area contributed by atoms with Gasteiger partial charge in [-0.2, -0.15) is 11.8 Å². The van der Waals surface area contributed by atoms with Crippen LogP contribution in [0.1, 0.15) is 24.3 Å². The van der Waals surface area contributed by atoms with E-state index >= 15 is 0 Å². The first-order valence-electron chi connectivity index (χ1n) is 7.59. The van der Waals surface area contributed by atoms with Gasteiger partial charge in [0.05, 0.1) is 0 Å². The van der Waals surface area contributed by atoms with E-state index in [1.165, 1.54) is 0 Å². The molecule has 4 nitrogen and oxygen atoms in total. The average molecular weight is 316 g/mol. The predicted octanol–water partition coefficient (Wildman–Crippen LogP) is 2.74. The number of carbonyl (C=O) groups excluding carboxylic acids is 1. The summed E-state index contributed by atoms with van der Waals surface area (Å²) in [7, 11) is 0. The van der Waals surface area contributed by atoms with Gasteiger partial charge in [-0.1, -0.05) is 32.0 Å². The Hall–Kier alpha value is -1.75. The van der Waals surface area contributed by atoms with Crippen molar-refractivity contribution in [3.63, 3.8) is 0 Å². The molecule has 1 aliphatic rings. The summed E-state index contributed by atoms with van der Waals surface area (Å²) in [5.74, 6) is 1.41. The highest BCUT2D eigenvalue weighted by atomic mass is 32.2. The first-order chi connectivity index (χ1) is 10.6. The fraction of sp³-hybridized carbons (Fsp3) is 0.412. The van der Waals surface area contributed by atoms with E-state index in [4.69, 9.17) is 0 Å². The lowest BCUT2D eigenvalue weighted by Gasteiger charge is -2.34. The summed E-state index contributed by atoms with van der Waals surface area (Å²) in [4.78, 5) is 29.4. The molecule has 1 aromatic heterocycles. The Morgan fingerprint density at radius 1 is 1.36 bits per heavy atom. The molecule has 0 aliphatic carbocycles. The third kappa shape index (κ3) is 2.90. The van der Waals surface area contributed by atoms with E-state index in [0.717, 1.165) is 24.2 Å². The fourth-order valence-corrected chi connectivity index (χ4v) is 4.06. The van der Waals surface area contributed by atoms with E-state index in [0.29, 0.717) is 22.2 Å². The van der Waals surface area contributed by atoms with Crippen LogP contribution in [0.4, 0.5) is 0 Å². The predicted molar refractivity (Wildman–Crippen MR) is 91.6 cm³/mol. The summed E-state index contributed by atoms with van der Waals surface area (Å²) in [5, 5.41) is 1.89. The number of hydrogen-bond donors (Lipinski definition) is 1. The number of thioether (sulfide) groups is 1. The Labute approximate surface area is 133 Å². The van der Waals surface area contributed by atoms with Crippen molar-refractivity contribution in [1.29, 1.82) is 0 Å². The third-order valence-electron chi connectivity index (χ3n) is 4.11. The van der Waals surface area contributed by atoms with Gasteiger partial charge in [0.1, 0.15) is 5.69 Å². The maximum absolute atomic E-state index is 12.7. The van der Waals surface area contributed by atoms with Gasteiger partial charge in [0, 0.05) is 29.5 Å². The van der Waals surface area contributed by atoms with Crippen molar-refractivity contribution >= 4 is 28.4 Å². The van der Waals surface area contributed by atoms with Crippen LogP contribution in [0.5, 0.6) is 0 Å². The molecule has 1 N–H and O–H groups in total. The maximum atomic E-state index is 12.7. The van der Waals surface area contributed by atoms with Crippen molar-refractivity contribution in [3.05, 3.63) is 46.4 Å². The minimum atomic E-state index is -0.201. The van der Waals surface area contributed by atoms with Crippen LogP contribution in [-0.4, -0.2) is 39.9 Å². The highest BCUT2D eigenvalue weighted by Crippen LogP contribution is 2.25. The molecule has 2 aromatic rings. The number of nitrogens with zero attached hydrogens (tertiary/aromatic N) is 1. The minimum absolute atomic E-state index is 0.0752. The molecule has 5 heteroatoms. The summed E-state index contributed by atoms with van der Waals surface area (Å²) in [6.07, 6.45) is 0.